The van der Waals surface area contributed by atoms with E-state index in [1.165, 1.54) is 13.2 Å². The number of hydrogen-bond acceptors (Lipinski definition) is 4. The van der Waals surface area contributed by atoms with E-state index in [-0.39, 0.29) is 12.0 Å². The van der Waals surface area contributed by atoms with E-state index in [1.807, 2.05) is 0 Å². The lowest BCUT2D eigenvalue weighted by Gasteiger charge is -2.02. The third-order valence-electron chi connectivity index (χ3n) is 2.30. The highest BCUT2D eigenvalue weighted by Crippen LogP contribution is 2.15. The van der Waals surface area contributed by atoms with Gasteiger partial charge in [-0.05, 0) is 23.8 Å². The number of aliphatic carboxylic acids is 1. The summed E-state index contributed by atoms with van der Waals surface area (Å²) in [6, 6.07) is 6.76. The Bertz CT molecular complexity index is 464. The maximum atomic E-state index is 10.9. The Morgan fingerprint density at radius 2 is 2.06 bits per heavy atom. The lowest BCUT2D eigenvalue weighted by molar-refractivity contribution is -0.479. The van der Waals surface area contributed by atoms with Crippen molar-refractivity contribution in [1.29, 1.82) is 0 Å². The van der Waals surface area contributed by atoms with E-state index < -0.39 is 17.4 Å². The summed E-state index contributed by atoms with van der Waals surface area (Å²) >= 11 is 0. The number of carboxylic acid groups (broad SMARTS) is 1. The Hall–Kier alpha value is -2.37. The van der Waals surface area contributed by atoms with Gasteiger partial charge in [-0.2, -0.15) is 0 Å². The molecule has 0 unspecified atom stereocenters. The molecular weight excluding hydrogens is 238 g/mol. The molecule has 0 bridgehead atoms. The molecule has 1 aromatic rings. The van der Waals surface area contributed by atoms with Gasteiger partial charge in [0.15, 0.2) is 0 Å². The Morgan fingerprint density at radius 1 is 1.44 bits per heavy atom. The van der Waals surface area contributed by atoms with Crippen LogP contribution in [0, 0.1) is 10.1 Å². The minimum Gasteiger partial charge on any atom is -0.497 e. The van der Waals surface area contributed by atoms with Crippen molar-refractivity contribution in [1.82, 2.24) is 0 Å². The topological polar surface area (TPSA) is 89.7 Å². The molecule has 0 atom stereocenters. The number of hydrogen-bond donors (Lipinski definition) is 1. The number of nitro groups is 1. The summed E-state index contributed by atoms with van der Waals surface area (Å²) in [5.41, 5.74) is 0.674. The van der Waals surface area contributed by atoms with Crippen LogP contribution >= 0.6 is 0 Å². The van der Waals surface area contributed by atoms with E-state index in [1.54, 1.807) is 24.3 Å². The highest BCUT2D eigenvalue weighted by molar-refractivity contribution is 5.92. The molecule has 1 rings (SSSR count). The molecule has 0 aromatic heterocycles. The molecule has 0 amide bonds. The number of benzene rings is 1. The van der Waals surface area contributed by atoms with Gasteiger partial charge in [-0.1, -0.05) is 12.1 Å². The van der Waals surface area contributed by atoms with E-state index >= 15 is 0 Å². The molecule has 6 nitrogen and oxygen atoms in total. The first kappa shape index (κ1) is 13.7. The van der Waals surface area contributed by atoms with E-state index in [2.05, 4.69) is 0 Å². The molecule has 0 radical (unpaired) electrons. The molecule has 96 valence electrons. The Labute approximate surface area is 104 Å². The molecule has 0 aliphatic heterocycles. The van der Waals surface area contributed by atoms with Crippen molar-refractivity contribution < 1.29 is 19.6 Å². The number of methoxy groups -OCH3 is 1. The van der Waals surface area contributed by atoms with Gasteiger partial charge in [-0.25, -0.2) is 4.79 Å². The predicted molar refractivity (Wildman–Crippen MR) is 65.1 cm³/mol. The lowest BCUT2D eigenvalue weighted by Crippen LogP contribution is -2.07. The van der Waals surface area contributed by atoms with Gasteiger partial charge < -0.3 is 9.84 Å². The zero-order valence-electron chi connectivity index (χ0n) is 9.83. The van der Waals surface area contributed by atoms with Crippen LogP contribution in [0.15, 0.2) is 29.8 Å². The fraction of sp³-hybridized carbons (Fsp3) is 0.250. The SMILES string of the molecule is COc1ccc(/C=C(/CC[N+](=O)[O-])C(=O)O)cc1. The van der Waals surface area contributed by atoms with E-state index in [0.717, 1.165) is 0 Å². The molecule has 1 aromatic carbocycles. The molecule has 6 heteroatoms. The third-order valence-corrected chi connectivity index (χ3v) is 2.30. The summed E-state index contributed by atoms with van der Waals surface area (Å²) in [5.74, 6) is -0.484. The summed E-state index contributed by atoms with van der Waals surface area (Å²) in [7, 11) is 1.53. The summed E-state index contributed by atoms with van der Waals surface area (Å²) in [5, 5.41) is 19.2. The number of ether oxygens (including phenoxy) is 1. The van der Waals surface area contributed by atoms with Gasteiger partial charge in [0.05, 0.1) is 7.11 Å². The van der Waals surface area contributed by atoms with Crippen molar-refractivity contribution in [3.8, 4) is 5.75 Å². The van der Waals surface area contributed by atoms with Crippen LogP contribution in [0.3, 0.4) is 0 Å². The van der Waals surface area contributed by atoms with Gasteiger partial charge in [0.2, 0.25) is 6.54 Å². The molecule has 18 heavy (non-hydrogen) atoms. The van der Waals surface area contributed by atoms with Crippen molar-refractivity contribution in [3.05, 3.63) is 45.5 Å². The number of carboxylic acids is 1. The lowest BCUT2D eigenvalue weighted by atomic mass is 10.1. The van der Waals surface area contributed by atoms with Crippen molar-refractivity contribution in [2.24, 2.45) is 0 Å². The van der Waals surface area contributed by atoms with Gasteiger partial charge in [-0.15, -0.1) is 0 Å². The summed E-state index contributed by atoms with van der Waals surface area (Å²) < 4.78 is 4.97. The highest BCUT2D eigenvalue weighted by atomic mass is 16.6. The van der Waals surface area contributed by atoms with Crippen LogP contribution < -0.4 is 4.74 Å². The Morgan fingerprint density at radius 3 is 2.50 bits per heavy atom. The molecular formula is C12H13NO5. The number of nitrogens with zero attached hydrogens (tertiary/aromatic N) is 1. The van der Waals surface area contributed by atoms with Crippen LogP contribution in [0.25, 0.3) is 6.08 Å². The Kier molecular flexibility index (Phi) is 4.86. The number of carbonyl (C=O) groups is 1. The highest BCUT2D eigenvalue weighted by Gasteiger charge is 2.10. The number of rotatable bonds is 6. The smallest absolute Gasteiger partial charge is 0.331 e. The van der Waals surface area contributed by atoms with Gasteiger partial charge in [-0.3, -0.25) is 10.1 Å². The minimum absolute atomic E-state index is 0.0110. The van der Waals surface area contributed by atoms with Crippen LogP contribution in [0.5, 0.6) is 5.75 Å². The second-order valence-electron chi connectivity index (χ2n) is 3.55. The van der Waals surface area contributed by atoms with Crippen LogP contribution in [0.2, 0.25) is 0 Å². The molecule has 0 aliphatic carbocycles. The van der Waals surface area contributed by atoms with Crippen LogP contribution in [-0.2, 0) is 4.79 Å². The van der Waals surface area contributed by atoms with E-state index in [0.29, 0.717) is 11.3 Å². The standard InChI is InChI=1S/C12H13NO5/c1-18-11-4-2-9(3-5-11)8-10(12(14)15)6-7-13(16)17/h2-5,8H,6-7H2,1H3,(H,14,15)/b10-8-. The maximum absolute atomic E-state index is 10.9. The van der Waals surface area contributed by atoms with Gasteiger partial charge in [0.25, 0.3) is 0 Å². The van der Waals surface area contributed by atoms with E-state index in [9.17, 15) is 14.9 Å². The summed E-state index contributed by atoms with van der Waals surface area (Å²) in [6.45, 7) is -0.395. The fourth-order valence-corrected chi connectivity index (χ4v) is 1.35. The first-order chi connectivity index (χ1) is 8.52. The fourth-order valence-electron chi connectivity index (χ4n) is 1.35. The van der Waals surface area contributed by atoms with Gasteiger partial charge in [0, 0.05) is 16.9 Å². The van der Waals surface area contributed by atoms with E-state index in [4.69, 9.17) is 9.84 Å². The maximum Gasteiger partial charge on any atom is 0.331 e. The van der Waals surface area contributed by atoms with Crippen molar-refractivity contribution in [3.63, 3.8) is 0 Å². The van der Waals surface area contributed by atoms with Gasteiger partial charge in [0.1, 0.15) is 5.75 Å². The van der Waals surface area contributed by atoms with Crippen molar-refractivity contribution >= 4 is 12.0 Å². The third kappa shape index (κ3) is 4.25. The van der Waals surface area contributed by atoms with Gasteiger partial charge >= 0.3 is 5.97 Å². The van der Waals surface area contributed by atoms with Crippen LogP contribution in [-0.4, -0.2) is 29.7 Å². The van der Waals surface area contributed by atoms with Crippen LogP contribution in [0.1, 0.15) is 12.0 Å². The second-order valence-corrected chi connectivity index (χ2v) is 3.55. The zero-order valence-corrected chi connectivity index (χ0v) is 9.83. The second kappa shape index (κ2) is 6.39. The monoisotopic (exact) mass is 251 g/mol. The predicted octanol–water partition coefficient (Wildman–Crippen LogP) is 1.83. The zero-order chi connectivity index (χ0) is 13.5. The first-order valence-electron chi connectivity index (χ1n) is 5.22. The average molecular weight is 251 g/mol. The Balaban J connectivity index is 2.86. The van der Waals surface area contributed by atoms with Crippen molar-refractivity contribution in [2.45, 2.75) is 6.42 Å². The molecule has 1 N–H and O–H groups in total. The molecule has 0 heterocycles. The summed E-state index contributed by atoms with van der Waals surface area (Å²) in [6.07, 6.45) is 1.32. The van der Waals surface area contributed by atoms with Crippen molar-refractivity contribution in [2.75, 3.05) is 13.7 Å². The quantitative estimate of drug-likeness (QED) is 0.473. The molecule has 0 saturated carbocycles. The average Bonchev–Trinajstić information content (AvgIpc) is 2.34. The normalized spacial score (nSPS) is 11.1. The summed E-state index contributed by atoms with van der Waals surface area (Å²) in [4.78, 5) is 20.6. The first-order valence-corrected chi connectivity index (χ1v) is 5.22. The minimum atomic E-state index is -1.15. The molecule has 0 saturated heterocycles. The molecule has 0 spiro atoms. The van der Waals surface area contributed by atoms with Crippen LogP contribution in [0.4, 0.5) is 0 Å². The molecule has 0 aliphatic rings. The largest absolute Gasteiger partial charge is 0.497 e. The molecule has 0 fully saturated rings.